The molecule has 1 N–H and O–H groups in total. The number of rotatable bonds is 3. The van der Waals surface area contributed by atoms with Crippen LogP contribution in [-0.4, -0.2) is 29.0 Å². The SMILES string of the molecule is O=C(Nc1ccccc1F)C1CCCN(c2ncccn2)C1. The van der Waals surface area contributed by atoms with Gasteiger partial charge < -0.3 is 10.2 Å². The van der Waals surface area contributed by atoms with Crippen molar-refractivity contribution in [3.8, 4) is 0 Å². The van der Waals surface area contributed by atoms with Crippen LogP contribution >= 0.6 is 0 Å². The van der Waals surface area contributed by atoms with Gasteiger partial charge >= 0.3 is 0 Å². The molecule has 6 heteroatoms. The Balaban J connectivity index is 1.67. The maximum atomic E-state index is 13.6. The van der Waals surface area contributed by atoms with Gasteiger partial charge in [0, 0.05) is 25.5 Å². The van der Waals surface area contributed by atoms with Crippen molar-refractivity contribution in [1.29, 1.82) is 0 Å². The lowest BCUT2D eigenvalue weighted by Crippen LogP contribution is -2.41. The van der Waals surface area contributed by atoms with E-state index >= 15 is 0 Å². The molecule has 2 heterocycles. The van der Waals surface area contributed by atoms with Gasteiger partial charge in [0.25, 0.3) is 0 Å². The van der Waals surface area contributed by atoms with Crippen molar-refractivity contribution in [1.82, 2.24) is 9.97 Å². The molecule has 1 saturated heterocycles. The molecule has 1 atom stereocenters. The minimum Gasteiger partial charge on any atom is -0.340 e. The van der Waals surface area contributed by atoms with Crippen LogP contribution in [0.15, 0.2) is 42.7 Å². The van der Waals surface area contributed by atoms with E-state index in [2.05, 4.69) is 15.3 Å². The fraction of sp³-hybridized carbons (Fsp3) is 0.312. The first-order valence-electron chi connectivity index (χ1n) is 7.31. The standard InChI is InChI=1S/C16H17FN4O/c17-13-6-1-2-7-14(13)20-15(22)12-5-3-10-21(11-12)16-18-8-4-9-19-16/h1-2,4,6-9,12H,3,5,10-11H2,(H,20,22). The molecule has 0 spiro atoms. The number of aromatic nitrogens is 2. The zero-order chi connectivity index (χ0) is 15.4. The van der Waals surface area contributed by atoms with Crippen molar-refractivity contribution in [3.05, 3.63) is 48.5 Å². The van der Waals surface area contributed by atoms with E-state index in [-0.39, 0.29) is 17.5 Å². The van der Waals surface area contributed by atoms with Gasteiger partial charge in [-0.05, 0) is 31.0 Å². The van der Waals surface area contributed by atoms with E-state index in [0.717, 1.165) is 19.4 Å². The Morgan fingerprint density at radius 3 is 2.77 bits per heavy atom. The molecule has 1 aromatic heterocycles. The van der Waals surface area contributed by atoms with Gasteiger partial charge in [-0.25, -0.2) is 14.4 Å². The van der Waals surface area contributed by atoms with Gasteiger partial charge in [-0.3, -0.25) is 4.79 Å². The van der Waals surface area contributed by atoms with Crippen LogP contribution in [0.25, 0.3) is 0 Å². The van der Waals surface area contributed by atoms with E-state index in [1.54, 1.807) is 36.7 Å². The molecule has 0 aliphatic carbocycles. The summed E-state index contributed by atoms with van der Waals surface area (Å²) in [7, 11) is 0. The fourth-order valence-electron chi connectivity index (χ4n) is 2.62. The number of para-hydroxylation sites is 1. The second-order valence-corrected chi connectivity index (χ2v) is 5.30. The summed E-state index contributed by atoms with van der Waals surface area (Å²) in [5, 5.41) is 2.67. The predicted molar refractivity (Wildman–Crippen MR) is 82.0 cm³/mol. The summed E-state index contributed by atoms with van der Waals surface area (Å²) >= 11 is 0. The Morgan fingerprint density at radius 1 is 1.23 bits per heavy atom. The number of halogens is 1. The van der Waals surface area contributed by atoms with Crippen LogP contribution in [0.5, 0.6) is 0 Å². The predicted octanol–water partition coefficient (Wildman–Crippen LogP) is 2.47. The molecule has 0 saturated carbocycles. The molecule has 3 rings (SSSR count). The van der Waals surface area contributed by atoms with Gasteiger partial charge in [-0.1, -0.05) is 12.1 Å². The lowest BCUT2D eigenvalue weighted by molar-refractivity contribution is -0.120. The van der Waals surface area contributed by atoms with Gasteiger partial charge in [0.1, 0.15) is 5.82 Å². The summed E-state index contributed by atoms with van der Waals surface area (Å²) in [6, 6.07) is 7.95. The largest absolute Gasteiger partial charge is 0.340 e. The summed E-state index contributed by atoms with van der Waals surface area (Å²) in [6.45, 7) is 1.37. The first kappa shape index (κ1) is 14.4. The average molecular weight is 300 g/mol. The van der Waals surface area contributed by atoms with Crippen LogP contribution in [0.2, 0.25) is 0 Å². The lowest BCUT2D eigenvalue weighted by atomic mass is 9.97. The highest BCUT2D eigenvalue weighted by Crippen LogP contribution is 2.22. The number of anilines is 2. The van der Waals surface area contributed by atoms with Crippen LogP contribution in [0.1, 0.15) is 12.8 Å². The van der Waals surface area contributed by atoms with Crippen LogP contribution < -0.4 is 10.2 Å². The quantitative estimate of drug-likeness (QED) is 0.946. The van der Waals surface area contributed by atoms with E-state index in [0.29, 0.717) is 12.5 Å². The molecule has 1 aromatic carbocycles. The average Bonchev–Trinajstić information content (AvgIpc) is 2.58. The van der Waals surface area contributed by atoms with Gasteiger partial charge in [0.2, 0.25) is 11.9 Å². The lowest BCUT2D eigenvalue weighted by Gasteiger charge is -2.31. The highest BCUT2D eigenvalue weighted by atomic mass is 19.1. The van der Waals surface area contributed by atoms with Gasteiger partial charge in [0.05, 0.1) is 11.6 Å². The Bertz CT molecular complexity index is 650. The second-order valence-electron chi connectivity index (χ2n) is 5.30. The van der Waals surface area contributed by atoms with Crippen LogP contribution in [-0.2, 0) is 4.79 Å². The van der Waals surface area contributed by atoms with Crippen molar-refractivity contribution >= 4 is 17.5 Å². The number of nitrogens with zero attached hydrogens (tertiary/aromatic N) is 3. The maximum Gasteiger partial charge on any atom is 0.229 e. The molecule has 0 radical (unpaired) electrons. The molecule has 5 nitrogen and oxygen atoms in total. The molecule has 1 amide bonds. The number of hydrogen-bond acceptors (Lipinski definition) is 4. The smallest absolute Gasteiger partial charge is 0.229 e. The zero-order valence-corrected chi connectivity index (χ0v) is 12.1. The summed E-state index contributed by atoms with van der Waals surface area (Å²) < 4.78 is 13.6. The van der Waals surface area contributed by atoms with E-state index in [9.17, 15) is 9.18 Å². The van der Waals surface area contributed by atoms with Gasteiger partial charge in [-0.15, -0.1) is 0 Å². The van der Waals surface area contributed by atoms with E-state index < -0.39 is 5.82 Å². The molecule has 0 bridgehead atoms. The molecule has 2 aromatic rings. The molecular weight excluding hydrogens is 283 g/mol. The van der Waals surface area contributed by atoms with Gasteiger partial charge in [0.15, 0.2) is 0 Å². The highest BCUT2D eigenvalue weighted by molar-refractivity contribution is 5.93. The first-order chi connectivity index (χ1) is 10.7. The van der Waals surface area contributed by atoms with Crippen LogP contribution in [0.4, 0.5) is 16.0 Å². The number of carbonyl (C=O) groups excluding carboxylic acids is 1. The van der Waals surface area contributed by atoms with Crippen molar-refractivity contribution in [2.24, 2.45) is 5.92 Å². The Morgan fingerprint density at radius 2 is 2.00 bits per heavy atom. The van der Waals surface area contributed by atoms with Gasteiger partial charge in [-0.2, -0.15) is 0 Å². The molecule has 22 heavy (non-hydrogen) atoms. The third kappa shape index (κ3) is 3.21. The molecule has 1 aliphatic heterocycles. The number of nitrogens with one attached hydrogen (secondary N) is 1. The third-order valence-electron chi connectivity index (χ3n) is 3.76. The van der Waals surface area contributed by atoms with E-state index in [1.165, 1.54) is 6.07 Å². The van der Waals surface area contributed by atoms with Crippen molar-refractivity contribution < 1.29 is 9.18 Å². The summed E-state index contributed by atoms with van der Waals surface area (Å²) in [6.07, 6.45) is 5.04. The number of hydrogen-bond donors (Lipinski definition) is 1. The topological polar surface area (TPSA) is 58.1 Å². The van der Waals surface area contributed by atoms with Crippen LogP contribution in [0.3, 0.4) is 0 Å². The monoisotopic (exact) mass is 300 g/mol. The van der Waals surface area contributed by atoms with E-state index in [1.807, 2.05) is 4.90 Å². The number of piperidine rings is 1. The minimum atomic E-state index is -0.421. The maximum absolute atomic E-state index is 13.6. The fourth-order valence-corrected chi connectivity index (χ4v) is 2.62. The highest BCUT2D eigenvalue weighted by Gasteiger charge is 2.27. The Hall–Kier alpha value is -2.50. The second kappa shape index (κ2) is 6.51. The summed E-state index contributed by atoms with van der Waals surface area (Å²) in [5.41, 5.74) is 0.223. The Kier molecular flexibility index (Phi) is 4.27. The molecular formula is C16H17FN4O. The molecule has 1 aliphatic rings. The summed E-state index contributed by atoms with van der Waals surface area (Å²) in [4.78, 5) is 22.8. The first-order valence-corrected chi connectivity index (χ1v) is 7.31. The molecule has 114 valence electrons. The molecule has 1 fully saturated rings. The Labute approximate surface area is 128 Å². The van der Waals surface area contributed by atoms with Crippen molar-refractivity contribution in [2.75, 3.05) is 23.3 Å². The number of amides is 1. The van der Waals surface area contributed by atoms with Crippen molar-refractivity contribution in [2.45, 2.75) is 12.8 Å². The minimum absolute atomic E-state index is 0.161. The van der Waals surface area contributed by atoms with E-state index in [4.69, 9.17) is 0 Å². The van der Waals surface area contributed by atoms with Crippen LogP contribution in [0, 0.1) is 11.7 Å². The number of carbonyl (C=O) groups is 1. The zero-order valence-electron chi connectivity index (χ0n) is 12.1. The summed E-state index contributed by atoms with van der Waals surface area (Å²) in [5.74, 6) is -0.149. The van der Waals surface area contributed by atoms with Crippen molar-refractivity contribution in [3.63, 3.8) is 0 Å². The normalized spacial score (nSPS) is 18.0. The number of benzene rings is 1. The third-order valence-corrected chi connectivity index (χ3v) is 3.76. The molecule has 1 unspecified atom stereocenters.